The van der Waals surface area contributed by atoms with Gasteiger partial charge < -0.3 is 15.5 Å². The largest absolute Gasteiger partial charge is 0.465 e. The molecule has 4 heteroatoms. The predicted octanol–water partition coefficient (Wildman–Crippen LogP) is 1.05. The first-order valence-electron chi connectivity index (χ1n) is 4.38. The number of hydrogen-bond acceptors (Lipinski definition) is 2. The van der Waals surface area contributed by atoms with E-state index in [0.29, 0.717) is 0 Å². The summed E-state index contributed by atoms with van der Waals surface area (Å²) in [5.74, 6) is 0. The molecule has 1 amide bonds. The number of nitrogens with one attached hydrogen (secondary N) is 1. The third-order valence-electron chi connectivity index (χ3n) is 3.17. The van der Waals surface area contributed by atoms with Crippen LogP contribution in [0, 0.1) is 10.8 Å². The number of hydrogen-bond donors (Lipinski definition) is 3. The van der Waals surface area contributed by atoms with E-state index in [1.165, 1.54) is 0 Å². The van der Waals surface area contributed by atoms with Gasteiger partial charge in [-0.1, -0.05) is 27.7 Å². The quantitative estimate of drug-likeness (QED) is 0.574. The van der Waals surface area contributed by atoms with Gasteiger partial charge >= 0.3 is 6.09 Å². The van der Waals surface area contributed by atoms with E-state index in [2.05, 4.69) is 5.32 Å². The molecule has 1 aliphatic carbocycles. The van der Waals surface area contributed by atoms with Gasteiger partial charge in [-0.15, -0.1) is 0 Å². The molecule has 0 atom stereocenters. The van der Waals surface area contributed by atoms with Gasteiger partial charge in [0.2, 0.25) is 0 Å². The first-order chi connectivity index (χ1) is 5.70. The Labute approximate surface area is 78.0 Å². The van der Waals surface area contributed by atoms with Crippen molar-refractivity contribution in [1.29, 1.82) is 0 Å². The molecule has 0 bridgehead atoms. The lowest BCUT2D eigenvalue weighted by molar-refractivity contribution is -0.179. The normalized spacial score (nSPS) is 34.8. The molecular weight excluding hydrogens is 170 g/mol. The zero-order chi connectivity index (χ0) is 10.4. The van der Waals surface area contributed by atoms with E-state index in [0.717, 1.165) is 0 Å². The third kappa shape index (κ3) is 1.29. The molecule has 3 N–H and O–H groups in total. The highest BCUT2D eigenvalue weighted by Crippen LogP contribution is 2.53. The van der Waals surface area contributed by atoms with Crippen molar-refractivity contribution in [2.45, 2.75) is 39.8 Å². The molecule has 4 nitrogen and oxygen atoms in total. The minimum atomic E-state index is -1.03. The van der Waals surface area contributed by atoms with Gasteiger partial charge in [0, 0.05) is 16.9 Å². The second-order valence-corrected chi connectivity index (χ2v) is 4.93. The lowest BCUT2D eigenvalue weighted by Crippen LogP contribution is -2.72. The van der Waals surface area contributed by atoms with Crippen LogP contribution in [0.4, 0.5) is 4.79 Å². The summed E-state index contributed by atoms with van der Waals surface area (Å²) < 4.78 is 0. The van der Waals surface area contributed by atoms with Crippen LogP contribution in [-0.4, -0.2) is 28.5 Å². The Hall–Kier alpha value is -0.770. The SMILES string of the molecule is CC1(C)[C@H](O)C(C)(C)[C@H]1NC(=O)O. The average molecular weight is 187 g/mol. The molecule has 0 aromatic carbocycles. The first kappa shape index (κ1) is 10.3. The molecule has 1 saturated carbocycles. The highest BCUT2D eigenvalue weighted by atomic mass is 16.4. The highest BCUT2D eigenvalue weighted by Gasteiger charge is 2.61. The lowest BCUT2D eigenvalue weighted by Gasteiger charge is -2.61. The molecule has 0 radical (unpaired) electrons. The molecule has 1 rings (SSSR count). The summed E-state index contributed by atoms with van der Waals surface area (Å²) in [5.41, 5.74) is -0.746. The number of aliphatic hydroxyl groups is 1. The van der Waals surface area contributed by atoms with E-state index in [1.54, 1.807) is 0 Å². The van der Waals surface area contributed by atoms with Crippen molar-refractivity contribution < 1.29 is 15.0 Å². The Balaban J connectivity index is 2.78. The van der Waals surface area contributed by atoms with Gasteiger partial charge in [-0.3, -0.25) is 0 Å². The topological polar surface area (TPSA) is 69.6 Å². The highest BCUT2D eigenvalue weighted by molar-refractivity contribution is 5.65. The van der Waals surface area contributed by atoms with Crippen molar-refractivity contribution in [3.05, 3.63) is 0 Å². The minimum absolute atomic E-state index is 0.188. The average Bonchev–Trinajstić information content (AvgIpc) is 1.98. The number of rotatable bonds is 1. The Kier molecular flexibility index (Phi) is 2.07. The van der Waals surface area contributed by atoms with Gasteiger partial charge in [0.15, 0.2) is 0 Å². The molecule has 0 saturated heterocycles. The Morgan fingerprint density at radius 1 is 1.23 bits per heavy atom. The first-order valence-corrected chi connectivity index (χ1v) is 4.38. The van der Waals surface area contributed by atoms with Crippen LogP contribution in [0.2, 0.25) is 0 Å². The van der Waals surface area contributed by atoms with Gasteiger partial charge in [0.1, 0.15) is 0 Å². The summed E-state index contributed by atoms with van der Waals surface area (Å²) in [5, 5.41) is 20.8. The van der Waals surface area contributed by atoms with E-state index in [4.69, 9.17) is 5.11 Å². The Bertz CT molecular complexity index is 219. The van der Waals surface area contributed by atoms with E-state index in [-0.39, 0.29) is 16.9 Å². The summed E-state index contributed by atoms with van der Waals surface area (Å²) >= 11 is 0. The fourth-order valence-corrected chi connectivity index (χ4v) is 2.63. The number of aliphatic hydroxyl groups excluding tert-OH is 1. The van der Waals surface area contributed by atoms with E-state index < -0.39 is 12.2 Å². The van der Waals surface area contributed by atoms with Gasteiger partial charge in [-0.25, -0.2) is 4.79 Å². The minimum Gasteiger partial charge on any atom is -0.465 e. The van der Waals surface area contributed by atoms with Gasteiger partial charge in [-0.05, 0) is 0 Å². The molecule has 1 fully saturated rings. The third-order valence-corrected chi connectivity index (χ3v) is 3.17. The predicted molar refractivity (Wildman–Crippen MR) is 48.5 cm³/mol. The van der Waals surface area contributed by atoms with Gasteiger partial charge in [-0.2, -0.15) is 0 Å². The van der Waals surface area contributed by atoms with Crippen LogP contribution in [0.5, 0.6) is 0 Å². The Morgan fingerprint density at radius 3 is 1.92 bits per heavy atom. The lowest BCUT2D eigenvalue weighted by atomic mass is 9.49. The second-order valence-electron chi connectivity index (χ2n) is 4.93. The standard InChI is InChI=1S/C9H17NO3/c1-8(2)5(10-7(12)13)9(3,4)6(8)11/h5-6,10-11H,1-4H3,(H,12,13)/t5-,6-. The summed E-state index contributed by atoms with van der Waals surface area (Å²) in [6.07, 6.45) is -1.49. The van der Waals surface area contributed by atoms with E-state index >= 15 is 0 Å². The zero-order valence-corrected chi connectivity index (χ0v) is 8.46. The number of carbonyl (C=O) groups is 1. The molecule has 0 aliphatic heterocycles. The van der Waals surface area contributed by atoms with Crippen molar-refractivity contribution in [3.63, 3.8) is 0 Å². The molecule has 0 spiro atoms. The molecule has 13 heavy (non-hydrogen) atoms. The van der Waals surface area contributed by atoms with Crippen LogP contribution in [0.1, 0.15) is 27.7 Å². The Morgan fingerprint density at radius 2 is 1.62 bits per heavy atom. The van der Waals surface area contributed by atoms with Crippen molar-refractivity contribution >= 4 is 6.09 Å². The molecule has 0 aromatic heterocycles. The summed E-state index contributed by atoms with van der Waals surface area (Å²) in [6.45, 7) is 7.46. The maximum absolute atomic E-state index is 10.5. The molecule has 0 aromatic rings. The van der Waals surface area contributed by atoms with Crippen molar-refractivity contribution in [1.82, 2.24) is 5.32 Å². The summed E-state index contributed by atoms with van der Waals surface area (Å²) in [6, 6.07) is -0.188. The van der Waals surface area contributed by atoms with Gasteiger partial charge in [0.05, 0.1) is 6.10 Å². The fraction of sp³-hybridized carbons (Fsp3) is 0.889. The van der Waals surface area contributed by atoms with Crippen LogP contribution in [0.15, 0.2) is 0 Å². The van der Waals surface area contributed by atoms with Crippen LogP contribution in [-0.2, 0) is 0 Å². The smallest absolute Gasteiger partial charge is 0.404 e. The fourth-order valence-electron chi connectivity index (χ4n) is 2.63. The van der Waals surface area contributed by atoms with E-state index in [1.807, 2.05) is 27.7 Å². The molecular formula is C9H17NO3. The zero-order valence-electron chi connectivity index (χ0n) is 8.46. The van der Waals surface area contributed by atoms with Gasteiger partial charge in [0.25, 0.3) is 0 Å². The second kappa shape index (κ2) is 2.61. The van der Waals surface area contributed by atoms with Crippen molar-refractivity contribution in [3.8, 4) is 0 Å². The number of carboxylic acid groups (broad SMARTS) is 1. The van der Waals surface area contributed by atoms with Crippen LogP contribution >= 0.6 is 0 Å². The van der Waals surface area contributed by atoms with E-state index in [9.17, 15) is 9.90 Å². The summed E-state index contributed by atoms with van der Waals surface area (Å²) in [7, 11) is 0. The maximum Gasteiger partial charge on any atom is 0.404 e. The maximum atomic E-state index is 10.5. The number of amides is 1. The molecule has 0 heterocycles. The molecule has 0 unspecified atom stereocenters. The monoisotopic (exact) mass is 187 g/mol. The van der Waals surface area contributed by atoms with Crippen LogP contribution in [0.25, 0.3) is 0 Å². The molecule has 76 valence electrons. The molecule has 1 aliphatic rings. The van der Waals surface area contributed by atoms with Crippen molar-refractivity contribution in [2.24, 2.45) is 10.8 Å². The van der Waals surface area contributed by atoms with Crippen LogP contribution in [0.3, 0.4) is 0 Å². The summed E-state index contributed by atoms with van der Waals surface area (Å²) in [4.78, 5) is 10.5. The van der Waals surface area contributed by atoms with Crippen molar-refractivity contribution in [2.75, 3.05) is 0 Å². The van der Waals surface area contributed by atoms with Crippen LogP contribution < -0.4 is 5.32 Å².